The van der Waals surface area contributed by atoms with Gasteiger partial charge in [0.15, 0.2) is 17.2 Å². The summed E-state index contributed by atoms with van der Waals surface area (Å²) in [4.78, 5) is 27.9. The second kappa shape index (κ2) is 9.95. The maximum Gasteiger partial charge on any atom is 0.363 e. The molecule has 0 spiro atoms. The molecule has 0 atom stereocenters. The van der Waals surface area contributed by atoms with E-state index in [2.05, 4.69) is 32.9 Å². The van der Waals surface area contributed by atoms with Crippen LogP contribution in [0.25, 0.3) is 6.08 Å². The summed E-state index contributed by atoms with van der Waals surface area (Å²) in [6.07, 6.45) is 1.66. The molecular formula is C23H23IN2O5. The highest BCUT2D eigenvalue weighted by molar-refractivity contribution is 14.1. The Balaban J connectivity index is 1.90. The number of halogens is 1. The lowest BCUT2D eigenvalue weighted by Crippen LogP contribution is -2.09. The van der Waals surface area contributed by atoms with Crippen molar-refractivity contribution in [3.63, 3.8) is 0 Å². The Morgan fingerprint density at radius 1 is 1.26 bits per heavy atom. The lowest BCUT2D eigenvalue weighted by molar-refractivity contribution is -0.129. The number of ether oxygens (including phenoxy) is 3. The molecule has 1 heterocycles. The number of hydrogen-bond acceptors (Lipinski definition) is 6. The summed E-state index contributed by atoms with van der Waals surface area (Å²) in [5.74, 6) is 0.811. The van der Waals surface area contributed by atoms with Crippen LogP contribution < -0.4 is 14.8 Å². The van der Waals surface area contributed by atoms with Crippen LogP contribution in [0.15, 0.2) is 47.1 Å². The van der Waals surface area contributed by atoms with E-state index in [1.165, 1.54) is 6.92 Å². The van der Waals surface area contributed by atoms with Crippen LogP contribution in [0.5, 0.6) is 11.5 Å². The Hall–Kier alpha value is -2.88. The summed E-state index contributed by atoms with van der Waals surface area (Å²) in [6.45, 7) is 7.74. The topological polar surface area (TPSA) is 86.2 Å². The number of cyclic esters (lactones) is 1. The van der Waals surface area contributed by atoms with Crippen LogP contribution in [0, 0.1) is 3.57 Å². The summed E-state index contributed by atoms with van der Waals surface area (Å²) in [6, 6.07) is 10.6. The fourth-order valence-corrected chi connectivity index (χ4v) is 3.63. The van der Waals surface area contributed by atoms with Crippen LogP contribution in [0.1, 0.15) is 38.8 Å². The minimum absolute atomic E-state index is 0.00549. The molecule has 7 nitrogen and oxygen atoms in total. The Labute approximate surface area is 194 Å². The average molecular weight is 534 g/mol. The fraction of sp³-hybridized carbons (Fsp3) is 0.261. The summed E-state index contributed by atoms with van der Waals surface area (Å²) in [7, 11) is 0. The Morgan fingerprint density at radius 2 is 1.97 bits per heavy atom. The first-order valence-electron chi connectivity index (χ1n) is 9.80. The lowest BCUT2D eigenvalue weighted by atomic mass is 10.1. The quantitative estimate of drug-likeness (QED) is 0.314. The number of nitrogens with one attached hydrogen (secondary N) is 1. The Kier molecular flexibility index (Phi) is 7.32. The van der Waals surface area contributed by atoms with Crippen molar-refractivity contribution in [3.05, 3.63) is 56.8 Å². The molecule has 0 saturated carbocycles. The van der Waals surface area contributed by atoms with Gasteiger partial charge in [-0.15, -0.1) is 0 Å². The first kappa shape index (κ1) is 22.8. The van der Waals surface area contributed by atoms with E-state index in [0.29, 0.717) is 29.4 Å². The summed E-state index contributed by atoms with van der Waals surface area (Å²) in [5, 5.41) is 2.69. The van der Waals surface area contributed by atoms with Gasteiger partial charge in [-0.3, -0.25) is 4.79 Å². The number of carbonyl (C=O) groups excluding carboxylic acids is 2. The monoisotopic (exact) mass is 534 g/mol. The molecule has 31 heavy (non-hydrogen) atoms. The van der Waals surface area contributed by atoms with Crippen molar-refractivity contribution < 1.29 is 23.8 Å². The maximum atomic E-state index is 12.4. The van der Waals surface area contributed by atoms with Crippen LogP contribution in [0.2, 0.25) is 0 Å². The van der Waals surface area contributed by atoms with Gasteiger partial charge in [0.25, 0.3) is 0 Å². The van der Waals surface area contributed by atoms with Crippen molar-refractivity contribution in [2.75, 3.05) is 11.9 Å². The first-order chi connectivity index (χ1) is 14.8. The van der Waals surface area contributed by atoms with Gasteiger partial charge in [0.05, 0.1) is 16.3 Å². The van der Waals surface area contributed by atoms with Gasteiger partial charge in [-0.05, 0) is 91.4 Å². The molecule has 1 N–H and O–H groups in total. The number of nitrogens with zero attached hydrogens (tertiary/aromatic N) is 1. The van der Waals surface area contributed by atoms with E-state index in [1.54, 1.807) is 30.3 Å². The van der Waals surface area contributed by atoms with E-state index >= 15 is 0 Å². The van der Waals surface area contributed by atoms with Gasteiger partial charge in [0, 0.05) is 18.2 Å². The van der Waals surface area contributed by atoms with Gasteiger partial charge in [0.1, 0.15) is 0 Å². The van der Waals surface area contributed by atoms with Gasteiger partial charge in [0.2, 0.25) is 11.8 Å². The number of amides is 1. The molecule has 0 fully saturated rings. The number of aliphatic imine (C=N–C) groups is 1. The van der Waals surface area contributed by atoms with Gasteiger partial charge in [-0.25, -0.2) is 9.79 Å². The van der Waals surface area contributed by atoms with E-state index in [1.807, 2.05) is 32.9 Å². The SMILES string of the molecule is CCOc1cc(/C=C2\N=C(c3ccc(NC(C)=O)cc3)OC2=O)cc(I)c1OC(C)C. The van der Waals surface area contributed by atoms with Gasteiger partial charge < -0.3 is 19.5 Å². The Bertz CT molecular complexity index is 1060. The normalized spacial score (nSPS) is 14.5. The maximum absolute atomic E-state index is 12.4. The minimum Gasteiger partial charge on any atom is -0.490 e. The molecule has 2 aromatic rings. The van der Waals surface area contributed by atoms with E-state index in [-0.39, 0.29) is 23.6 Å². The molecule has 3 rings (SSSR count). The van der Waals surface area contributed by atoms with Gasteiger partial charge in [-0.1, -0.05) is 0 Å². The van der Waals surface area contributed by atoms with Crippen molar-refractivity contribution in [1.29, 1.82) is 0 Å². The molecule has 1 amide bonds. The molecule has 162 valence electrons. The zero-order valence-electron chi connectivity index (χ0n) is 17.7. The Morgan fingerprint density at radius 3 is 2.58 bits per heavy atom. The summed E-state index contributed by atoms with van der Waals surface area (Å²) < 4.78 is 17.8. The predicted octanol–water partition coefficient (Wildman–Crippen LogP) is 4.78. The molecule has 0 saturated heterocycles. The third-order valence-electron chi connectivity index (χ3n) is 4.06. The minimum atomic E-state index is -0.531. The number of carbonyl (C=O) groups is 2. The van der Waals surface area contributed by atoms with Crippen LogP contribution >= 0.6 is 22.6 Å². The molecule has 0 aromatic heterocycles. The third kappa shape index (κ3) is 5.84. The molecule has 8 heteroatoms. The average Bonchev–Trinajstić information content (AvgIpc) is 3.05. The second-order valence-corrected chi connectivity index (χ2v) is 8.19. The number of hydrogen-bond donors (Lipinski definition) is 1. The molecule has 1 aliphatic rings. The van der Waals surface area contributed by atoms with Crippen molar-refractivity contribution in [2.45, 2.75) is 33.8 Å². The highest BCUT2D eigenvalue weighted by Gasteiger charge is 2.24. The molecule has 0 bridgehead atoms. The first-order valence-corrected chi connectivity index (χ1v) is 10.9. The van der Waals surface area contributed by atoms with E-state index < -0.39 is 5.97 Å². The number of esters is 1. The van der Waals surface area contributed by atoms with Gasteiger partial charge in [-0.2, -0.15) is 0 Å². The zero-order chi connectivity index (χ0) is 22.5. The lowest BCUT2D eigenvalue weighted by Gasteiger charge is -2.16. The zero-order valence-corrected chi connectivity index (χ0v) is 19.8. The van der Waals surface area contributed by atoms with Crippen molar-refractivity contribution in [1.82, 2.24) is 0 Å². The second-order valence-electron chi connectivity index (χ2n) is 7.02. The highest BCUT2D eigenvalue weighted by atomic mass is 127. The predicted molar refractivity (Wildman–Crippen MR) is 127 cm³/mol. The van der Waals surface area contributed by atoms with Crippen LogP contribution in [0.3, 0.4) is 0 Å². The summed E-state index contributed by atoms with van der Waals surface area (Å²) in [5.41, 5.74) is 2.23. The van der Waals surface area contributed by atoms with Gasteiger partial charge >= 0.3 is 5.97 Å². The van der Waals surface area contributed by atoms with Crippen LogP contribution in [-0.4, -0.2) is 30.5 Å². The smallest absolute Gasteiger partial charge is 0.363 e. The van der Waals surface area contributed by atoms with Crippen molar-refractivity contribution in [2.24, 2.45) is 4.99 Å². The standard InChI is InChI=1S/C23H23IN2O5/c1-5-29-20-12-15(10-18(24)21(20)30-13(2)3)11-19-23(28)31-22(26-19)16-6-8-17(9-7-16)25-14(4)27/h6-13H,5H2,1-4H3,(H,25,27)/b19-11-. The van der Waals surface area contributed by atoms with Crippen molar-refractivity contribution >= 4 is 52.1 Å². The molecular weight excluding hydrogens is 511 g/mol. The number of benzene rings is 2. The van der Waals surface area contributed by atoms with Crippen LogP contribution in [-0.2, 0) is 14.3 Å². The van der Waals surface area contributed by atoms with E-state index in [9.17, 15) is 9.59 Å². The molecule has 0 aliphatic carbocycles. The van der Waals surface area contributed by atoms with Crippen molar-refractivity contribution in [3.8, 4) is 11.5 Å². The largest absolute Gasteiger partial charge is 0.490 e. The van der Waals surface area contributed by atoms with E-state index in [4.69, 9.17) is 14.2 Å². The van der Waals surface area contributed by atoms with E-state index in [0.717, 1.165) is 9.13 Å². The number of anilines is 1. The fourth-order valence-electron chi connectivity index (χ4n) is 2.87. The molecule has 2 aromatic carbocycles. The highest BCUT2D eigenvalue weighted by Crippen LogP contribution is 2.36. The molecule has 1 aliphatic heterocycles. The van der Waals surface area contributed by atoms with Crippen LogP contribution in [0.4, 0.5) is 5.69 Å². The molecule has 0 radical (unpaired) electrons. The summed E-state index contributed by atoms with van der Waals surface area (Å²) >= 11 is 2.18. The number of rotatable bonds is 7. The third-order valence-corrected chi connectivity index (χ3v) is 4.86. The molecule has 0 unspecified atom stereocenters.